The fraction of sp³-hybridized carbons (Fsp3) is 0.345. The molecule has 0 bridgehead atoms. The van der Waals surface area contributed by atoms with Gasteiger partial charge in [-0.1, -0.05) is 70.8 Å². The molecule has 5 heteroatoms. The van der Waals surface area contributed by atoms with Gasteiger partial charge in [-0.3, -0.25) is 9.52 Å². The number of hydrogen-bond donors (Lipinski definition) is 2. The number of rotatable bonds is 4. The van der Waals surface area contributed by atoms with Crippen LogP contribution in [0.1, 0.15) is 67.7 Å². The van der Waals surface area contributed by atoms with Gasteiger partial charge in [0.15, 0.2) is 0 Å². The lowest BCUT2D eigenvalue weighted by Crippen LogP contribution is -2.35. The zero-order valence-electron chi connectivity index (χ0n) is 20.8. The predicted molar refractivity (Wildman–Crippen MR) is 142 cm³/mol. The first-order valence-corrected chi connectivity index (χ1v) is 12.8. The molecule has 1 amide bonds. The van der Waals surface area contributed by atoms with Gasteiger partial charge in [0.05, 0.1) is 6.04 Å². The molecule has 0 fully saturated rings. The maximum absolute atomic E-state index is 14.8. The van der Waals surface area contributed by atoms with E-state index in [1.807, 2.05) is 24.5 Å². The molecule has 178 valence electrons. The van der Waals surface area contributed by atoms with Crippen LogP contribution in [0.15, 0.2) is 60.7 Å². The smallest absolute Gasteiger partial charge is 0.261 e. The van der Waals surface area contributed by atoms with Gasteiger partial charge in [0, 0.05) is 17.5 Å². The van der Waals surface area contributed by atoms with E-state index in [1.165, 1.54) is 17.5 Å². The number of amides is 1. The van der Waals surface area contributed by atoms with Crippen LogP contribution in [0.4, 0.5) is 10.1 Å². The van der Waals surface area contributed by atoms with Crippen LogP contribution in [0.2, 0.25) is 0 Å². The number of fused-ring (bicyclic) bond motifs is 1. The van der Waals surface area contributed by atoms with E-state index in [1.54, 1.807) is 12.1 Å². The molecule has 2 N–H and O–H groups in total. The summed E-state index contributed by atoms with van der Waals surface area (Å²) in [4.78, 5) is 12.3. The second-order valence-corrected chi connectivity index (χ2v) is 11.5. The van der Waals surface area contributed by atoms with Crippen LogP contribution in [-0.2, 0) is 11.8 Å². The normalized spacial score (nSPS) is 17.0. The van der Waals surface area contributed by atoms with E-state index in [0.717, 1.165) is 34.4 Å². The number of halogens is 1. The first kappa shape index (κ1) is 24.3. The van der Waals surface area contributed by atoms with Crippen molar-refractivity contribution in [1.29, 1.82) is 0 Å². The van der Waals surface area contributed by atoms with Crippen molar-refractivity contribution < 1.29 is 9.18 Å². The first-order chi connectivity index (χ1) is 16.0. The van der Waals surface area contributed by atoms with E-state index < -0.39 is 0 Å². The molecule has 34 heavy (non-hydrogen) atoms. The molecule has 1 atom stereocenters. The quantitative estimate of drug-likeness (QED) is 0.382. The lowest BCUT2D eigenvalue weighted by atomic mass is 9.72. The van der Waals surface area contributed by atoms with Gasteiger partial charge in [0.1, 0.15) is 5.82 Å². The van der Waals surface area contributed by atoms with Crippen LogP contribution in [0, 0.1) is 11.2 Å². The summed E-state index contributed by atoms with van der Waals surface area (Å²) in [5.74, 6) is -0.331. The number of anilines is 1. The molecule has 0 saturated carbocycles. The molecule has 0 spiro atoms. The first-order valence-electron chi connectivity index (χ1n) is 11.6. The van der Waals surface area contributed by atoms with Crippen molar-refractivity contribution in [3.63, 3.8) is 0 Å². The Kier molecular flexibility index (Phi) is 6.52. The molecule has 3 nitrogen and oxygen atoms in total. The minimum absolute atomic E-state index is 0.0610. The Hall–Kier alpha value is -2.79. The highest BCUT2D eigenvalue weighted by atomic mass is 32.2. The Morgan fingerprint density at radius 2 is 1.74 bits per heavy atom. The highest BCUT2D eigenvalue weighted by Crippen LogP contribution is 2.45. The van der Waals surface area contributed by atoms with Gasteiger partial charge in [0.2, 0.25) is 0 Å². The Morgan fingerprint density at radius 3 is 2.38 bits per heavy atom. The van der Waals surface area contributed by atoms with Crippen molar-refractivity contribution >= 4 is 23.5 Å². The third-order valence-corrected chi connectivity index (χ3v) is 7.02. The van der Waals surface area contributed by atoms with Gasteiger partial charge < -0.3 is 5.32 Å². The predicted octanol–water partition coefficient (Wildman–Crippen LogP) is 7.53. The number of benzene rings is 3. The van der Waals surface area contributed by atoms with E-state index in [4.69, 9.17) is 0 Å². The second kappa shape index (κ2) is 9.10. The Balaban J connectivity index is 1.67. The molecule has 3 aromatic rings. The summed E-state index contributed by atoms with van der Waals surface area (Å²) in [7, 11) is 0. The third kappa shape index (κ3) is 5.00. The molecule has 0 saturated heterocycles. The largest absolute Gasteiger partial charge is 0.377 e. The van der Waals surface area contributed by atoms with E-state index in [-0.39, 0.29) is 28.6 Å². The van der Waals surface area contributed by atoms with Crippen LogP contribution >= 0.6 is 11.9 Å². The van der Waals surface area contributed by atoms with Crippen LogP contribution in [-0.4, -0.2) is 12.2 Å². The summed E-state index contributed by atoms with van der Waals surface area (Å²) >= 11 is 1.29. The zero-order chi connectivity index (χ0) is 24.7. The van der Waals surface area contributed by atoms with Gasteiger partial charge in [-0.15, -0.1) is 0 Å². The summed E-state index contributed by atoms with van der Waals surface area (Å²) in [6.07, 6.45) is 2.62. The standard InChI is InChI=1S/C29H33FN2OS/c1-28(2,3)23-10-7-18(8-11-23)20-14-21(16-24(30)15-20)26-29(4,5)17-22-13-19(27(33)32-34-6)9-12-25(22)31-26/h7-16,26,31H,17H2,1-6H3,(H,32,33). The van der Waals surface area contributed by atoms with Crippen molar-refractivity contribution in [1.82, 2.24) is 4.72 Å². The molecule has 1 aliphatic rings. The lowest BCUT2D eigenvalue weighted by Gasteiger charge is -2.41. The fourth-order valence-corrected chi connectivity index (χ4v) is 5.06. The average molecular weight is 477 g/mol. The van der Waals surface area contributed by atoms with Crippen LogP contribution in [0.3, 0.4) is 0 Å². The topological polar surface area (TPSA) is 41.1 Å². The Labute approximate surface area is 206 Å². The summed E-state index contributed by atoms with van der Waals surface area (Å²) in [5, 5.41) is 3.63. The Morgan fingerprint density at radius 1 is 1.03 bits per heavy atom. The zero-order valence-corrected chi connectivity index (χ0v) is 21.6. The van der Waals surface area contributed by atoms with Crippen molar-refractivity contribution in [3.05, 3.63) is 88.7 Å². The van der Waals surface area contributed by atoms with E-state index in [9.17, 15) is 9.18 Å². The monoisotopic (exact) mass is 476 g/mol. The minimum atomic E-state index is -0.236. The van der Waals surface area contributed by atoms with Crippen molar-refractivity contribution in [2.45, 2.75) is 52.5 Å². The maximum atomic E-state index is 14.8. The molecule has 1 aliphatic heterocycles. The van der Waals surface area contributed by atoms with Crippen LogP contribution in [0.5, 0.6) is 0 Å². The fourth-order valence-electron chi connectivity index (χ4n) is 4.76. The molecule has 1 unspecified atom stereocenters. The van der Waals surface area contributed by atoms with Crippen molar-refractivity contribution in [2.24, 2.45) is 5.41 Å². The number of nitrogens with one attached hydrogen (secondary N) is 2. The van der Waals surface area contributed by atoms with E-state index in [2.05, 4.69) is 75.0 Å². The van der Waals surface area contributed by atoms with Gasteiger partial charge in [-0.2, -0.15) is 0 Å². The molecular formula is C29H33FN2OS. The van der Waals surface area contributed by atoms with Gasteiger partial charge in [-0.05, 0) is 81.5 Å². The third-order valence-electron chi connectivity index (χ3n) is 6.63. The molecule has 1 heterocycles. The summed E-state index contributed by atoms with van der Waals surface area (Å²) < 4.78 is 17.6. The number of carbonyl (C=O) groups excluding carboxylic acids is 1. The second-order valence-electron chi connectivity index (χ2n) is 10.9. The molecule has 3 aromatic carbocycles. The highest BCUT2D eigenvalue weighted by molar-refractivity contribution is 7.97. The molecule has 0 radical (unpaired) electrons. The van der Waals surface area contributed by atoms with E-state index in [0.29, 0.717) is 5.56 Å². The molecule has 0 aromatic heterocycles. The van der Waals surface area contributed by atoms with Crippen molar-refractivity contribution in [2.75, 3.05) is 11.6 Å². The minimum Gasteiger partial charge on any atom is -0.377 e. The summed E-state index contributed by atoms with van der Waals surface area (Å²) in [5.41, 5.74) is 6.70. The number of carbonyl (C=O) groups is 1. The molecule has 4 rings (SSSR count). The van der Waals surface area contributed by atoms with Crippen LogP contribution in [0.25, 0.3) is 11.1 Å². The number of hydrogen-bond acceptors (Lipinski definition) is 3. The average Bonchev–Trinajstić information content (AvgIpc) is 2.77. The summed E-state index contributed by atoms with van der Waals surface area (Å²) in [6, 6.07) is 19.4. The Bertz CT molecular complexity index is 1210. The van der Waals surface area contributed by atoms with Crippen molar-refractivity contribution in [3.8, 4) is 11.1 Å². The van der Waals surface area contributed by atoms with Crippen LogP contribution < -0.4 is 10.0 Å². The molecular weight excluding hydrogens is 443 g/mol. The maximum Gasteiger partial charge on any atom is 0.261 e. The molecule has 0 aliphatic carbocycles. The van der Waals surface area contributed by atoms with Gasteiger partial charge in [0.25, 0.3) is 5.91 Å². The van der Waals surface area contributed by atoms with E-state index >= 15 is 0 Å². The van der Waals surface area contributed by atoms with Gasteiger partial charge in [-0.25, -0.2) is 4.39 Å². The SMILES string of the molecule is CSNC(=O)c1ccc2c(c1)CC(C)(C)C(c1cc(F)cc(-c3ccc(C(C)(C)C)cc3)c1)N2. The highest BCUT2D eigenvalue weighted by Gasteiger charge is 2.36. The van der Waals surface area contributed by atoms with Gasteiger partial charge >= 0.3 is 0 Å². The summed E-state index contributed by atoms with van der Waals surface area (Å²) in [6.45, 7) is 10.9. The lowest BCUT2D eigenvalue weighted by molar-refractivity contribution is 0.0984.